The minimum Gasteiger partial charge on any atom is -0.497 e. The van der Waals surface area contributed by atoms with E-state index in [4.69, 9.17) is 22.1 Å². The minimum absolute atomic E-state index is 0.661. The van der Waals surface area contributed by atoms with Gasteiger partial charge in [0.15, 0.2) is 0 Å². The van der Waals surface area contributed by atoms with Crippen molar-refractivity contribution in [1.82, 2.24) is 0 Å². The summed E-state index contributed by atoms with van der Waals surface area (Å²) in [5.74, 6) is 0.806. The zero-order chi connectivity index (χ0) is 13.1. The smallest absolute Gasteiger partial charge is 0.120 e. The molecule has 18 heavy (non-hydrogen) atoms. The van der Waals surface area contributed by atoms with E-state index in [0.717, 1.165) is 17.1 Å². The van der Waals surface area contributed by atoms with E-state index in [1.165, 1.54) is 0 Å². The second-order valence-corrected chi connectivity index (χ2v) is 4.40. The standard InChI is InChI=1S/C14H15ClN2O/c1-17(11-4-3-5-12(9-11)18-2)14-8-10(15)6-7-13(14)16/h3-9H,16H2,1-2H3. The van der Waals surface area contributed by atoms with Crippen LogP contribution in [0.1, 0.15) is 0 Å². The SMILES string of the molecule is COc1cccc(N(C)c2cc(Cl)ccc2N)c1. The second kappa shape index (κ2) is 5.19. The Bertz CT molecular complexity index is 557. The number of hydrogen-bond donors (Lipinski definition) is 1. The largest absolute Gasteiger partial charge is 0.497 e. The van der Waals surface area contributed by atoms with E-state index in [0.29, 0.717) is 10.7 Å². The van der Waals surface area contributed by atoms with Crippen LogP contribution in [0.3, 0.4) is 0 Å². The maximum atomic E-state index is 6.00. The van der Waals surface area contributed by atoms with Crippen LogP contribution in [0.2, 0.25) is 5.02 Å². The van der Waals surface area contributed by atoms with Crippen LogP contribution in [0.4, 0.5) is 17.1 Å². The van der Waals surface area contributed by atoms with Gasteiger partial charge in [0.05, 0.1) is 18.5 Å². The Morgan fingerprint density at radius 3 is 2.67 bits per heavy atom. The summed E-state index contributed by atoms with van der Waals surface area (Å²) in [6.45, 7) is 0. The molecule has 0 fully saturated rings. The van der Waals surface area contributed by atoms with Gasteiger partial charge in [-0.05, 0) is 30.3 Å². The molecule has 0 aliphatic rings. The number of anilines is 3. The summed E-state index contributed by atoms with van der Waals surface area (Å²) in [6.07, 6.45) is 0. The topological polar surface area (TPSA) is 38.5 Å². The van der Waals surface area contributed by atoms with Gasteiger partial charge in [-0.1, -0.05) is 17.7 Å². The van der Waals surface area contributed by atoms with Gasteiger partial charge in [-0.15, -0.1) is 0 Å². The summed E-state index contributed by atoms with van der Waals surface area (Å²) >= 11 is 6.00. The first-order valence-electron chi connectivity index (χ1n) is 5.54. The highest BCUT2D eigenvalue weighted by Gasteiger charge is 2.09. The Labute approximate surface area is 112 Å². The van der Waals surface area contributed by atoms with Crippen LogP contribution in [0.15, 0.2) is 42.5 Å². The molecule has 0 heterocycles. The Morgan fingerprint density at radius 2 is 1.94 bits per heavy atom. The molecule has 0 unspecified atom stereocenters. The monoisotopic (exact) mass is 262 g/mol. The van der Waals surface area contributed by atoms with Crippen molar-refractivity contribution < 1.29 is 4.74 Å². The summed E-state index contributed by atoms with van der Waals surface area (Å²) in [7, 11) is 3.59. The average Bonchev–Trinajstić information content (AvgIpc) is 2.41. The molecule has 0 saturated carbocycles. The molecule has 0 radical (unpaired) electrons. The van der Waals surface area contributed by atoms with Crippen LogP contribution in [0.5, 0.6) is 5.75 Å². The van der Waals surface area contributed by atoms with Gasteiger partial charge in [-0.25, -0.2) is 0 Å². The number of ether oxygens (including phenoxy) is 1. The summed E-state index contributed by atoms with van der Waals surface area (Å²) in [4.78, 5) is 1.98. The number of benzene rings is 2. The van der Waals surface area contributed by atoms with E-state index in [1.807, 2.05) is 42.3 Å². The molecule has 3 nitrogen and oxygen atoms in total. The third kappa shape index (κ3) is 2.51. The van der Waals surface area contributed by atoms with Crippen molar-refractivity contribution in [2.45, 2.75) is 0 Å². The first-order valence-corrected chi connectivity index (χ1v) is 5.92. The van der Waals surface area contributed by atoms with Crippen molar-refractivity contribution in [1.29, 1.82) is 0 Å². The average molecular weight is 263 g/mol. The lowest BCUT2D eigenvalue weighted by Crippen LogP contribution is -2.11. The molecule has 4 heteroatoms. The highest BCUT2D eigenvalue weighted by Crippen LogP contribution is 2.32. The zero-order valence-electron chi connectivity index (χ0n) is 10.4. The zero-order valence-corrected chi connectivity index (χ0v) is 11.1. The molecule has 2 rings (SSSR count). The van der Waals surface area contributed by atoms with Gasteiger partial charge in [0.2, 0.25) is 0 Å². The quantitative estimate of drug-likeness (QED) is 0.858. The maximum Gasteiger partial charge on any atom is 0.120 e. The lowest BCUT2D eigenvalue weighted by Gasteiger charge is -2.22. The van der Waals surface area contributed by atoms with Gasteiger partial charge in [-0.3, -0.25) is 0 Å². The van der Waals surface area contributed by atoms with E-state index in [9.17, 15) is 0 Å². The minimum atomic E-state index is 0.661. The molecular weight excluding hydrogens is 248 g/mol. The van der Waals surface area contributed by atoms with Gasteiger partial charge in [-0.2, -0.15) is 0 Å². The summed E-state index contributed by atoms with van der Waals surface area (Å²) in [5, 5.41) is 0.661. The van der Waals surface area contributed by atoms with Gasteiger partial charge in [0.1, 0.15) is 5.75 Å². The fourth-order valence-electron chi connectivity index (χ4n) is 1.77. The van der Waals surface area contributed by atoms with Crippen molar-refractivity contribution in [3.63, 3.8) is 0 Å². The fourth-order valence-corrected chi connectivity index (χ4v) is 1.93. The number of nitrogens with zero attached hydrogens (tertiary/aromatic N) is 1. The molecule has 0 atom stereocenters. The molecule has 2 N–H and O–H groups in total. The predicted molar refractivity (Wildman–Crippen MR) is 76.9 cm³/mol. The third-order valence-corrected chi connectivity index (χ3v) is 3.03. The van der Waals surface area contributed by atoms with Gasteiger partial charge in [0, 0.05) is 23.8 Å². The van der Waals surface area contributed by atoms with Gasteiger partial charge < -0.3 is 15.4 Å². The van der Waals surface area contributed by atoms with E-state index in [2.05, 4.69) is 0 Å². The number of nitrogen functional groups attached to an aromatic ring is 1. The molecule has 0 spiro atoms. The Kier molecular flexibility index (Phi) is 3.63. The van der Waals surface area contributed by atoms with Crippen molar-refractivity contribution in [2.24, 2.45) is 0 Å². The Balaban J connectivity index is 2.40. The highest BCUT2D eigenvalue weighted by molar-refractivity contribution is 6.31. The van der Waals surface area contributed by atoms with Gasteiger partial charge in [0.25, 0.3) is 0 Å². The first kappa shape index (κ1) is 12.6. The van der Waals surface area contributed by atoms with Crippen molar-refractivity contribution in [3.05, 3.63) is 47.5 Å². The predicted octanol–water partition coefficient (Wildman–Crippen LogP) is 3.70. The van der Waals surface area contributed by atoms with Crippen molar-refractivity contribution >= 4 is 28.7 Å². The highest BCUT2D eigenvalue weighted by atomic mass is 35.5. The Morgan fingerprint density at radius 1 is 1.17 bits per heavy atom. The summed E-state index contributed by atoms with van der Waals surface area (Å²) in [5.41, 5.74) is 8.51. The third-order valence-electron chi connectivity index (χ3n) is 2.79. The number of halogens is 1. The molecule has 0 saturated heterocycles. The fraction of sp³-hybridized carbons (Fsp3) is 0.143. The molecule has 0 aromatic heterocycles. The van der Waals surface area contributed by atoms with E-state index < -0.39 is 0 Å². The number of rotatable bonds is 3. The molecule has 0 aliphatic heterocycles. The molecular formula is C14H15ClN2O. The molecule has 94 valence electrons. The van der Waals surface area contributed by atoms with Gasteiger partial charge >= 0.3 is 0 Å². The van der Waals surface area contributed by atoms with Crippen molar-refractivity contribution in [2.75, 3.05) is 24.8 Å². The first-order chi connectivity index (χ1) is 8.61. The van der Waals surface area contributed by atoms with Crippen LogP contribution in [0, 0.1) is 0 Å². The Hall–Kier alpha value is -1.87. The van der Waals surface area contributed by atoms with Crippen LogP contribution in [-0.2, 0) is 0 Å². The lowest BCUT2D eigenvalue weighted by molar-refractivity contribution is 0.415. The number of nitrogens with two attached hydrogens (primary N) is 1. The molecule has 2 aromatic rings. The van der Waals surface area contributed by atoms with Crippen LogP contribution < -0.4 is 15.4 Å². The summed E-state index contributed by atoms with van der Waals surface area (Å²) in [6, 6.07) is 13.2. The van der Waals surface area contributed by atoms with Crippen molar-refractivity contribution in [3.8, 4) is 5.75 Å². The number of hydrogen-bond acceptors (Lipinski definition) is 3. The second-order valence-electron chi connectivity index (χ2n) is 3.96. The van der Waals surface area contributed by atoms with Crippen LogP contribution >= 0.6 is 11.6 Å². The van der Waals surface area contributed by atoms with E-state index in [1.54, 1.807) is 19.2 Å². The molecule has 0 aliphatic carbocycles. The summed E-state index contributed by atoms with van der Waals surface area (Å²) < 4.78 is 5.21. The maximum absolute atomic E-state index is 6.00. The van der Waals surface area contributed by atoms with E-state index >= 15 is 0 Å². The normalized spacial score (nSPS) is 10.2. The molecule has 2 aromatic carbocycles. The number of methoxy groups -OCH3 is 1. The molecule has 0 amide bonds. The van der Waals surface area contributed by atoms with Crippen LogP contribution in [0.25, 0.3) is 0 Å². The van der Waals surface area contributed by atoms with Crippen LogP contribution in [-0.4, -0.2) is 14.2 Å². The van der Waals surface area contributed by atoms with E-state index in [-0.39, 0.29) is 0 Å². The molecule has 0 bridgehead atoms. The lowest BCUT2D eigenvalue weighted by atomic mass is 10.2.